The topological polar surface area (TPSA) is 58.3 Å². The van der Waals surface area contributed by atoms with Gasteiger partial charge in [-0.05, 0) is 42.5 Å². The Morgan fingerprint density at radius 3 is 2.67 bits per heavy atom. The second-order valence-corrected chi connectivity index (χ2v) is 5.18. The number of anilines is 2. The van der Waals surface area contributed by atoms with E-state index in [1.54, 1.807) is 19.9 Å². The van der Waals surface area contributed by atoms with Crippen LogP contribution in [0.1, 0.15) is 13.8 Å². The molecule has 0 saturated carbocycles. The number of nitrogens with one attached hydrogen (secondary N) is 1. The van der Waals surface area contributed by atoms with Gasteiger partial charge in [0.25, 0.3) is 0 Å². The Morgan fingerprint density at radius 1 is 1.53 bits per heavy atom. The third kappa shape index (κ3) is 3.83. The molecule has 0 bridgehead atoms. The molecule has 1 aromatic carbocycles. The molecule has 0 atom stereocenters. The predicted molar refractivity (Wildman–Crippen MR) is 68.3 cm³/mol. The van der Waals surface area contributed by atoms with E-state index in [-0.39, 0.29) is 5.82 Å². The molecule has 1 aromatic rings. The van der Waals surface area contributed by atoms with E-state index in [9.17, 15) is 9.50 Å². The molecule has 4 N–H and O–H groups in total. The molecular formula is C10H14FIN2O. The second-order valence-electron chi connectivity index (χ2n) is 4.02. The molecule has 0 aliphatic rings. The lowest BCUT2D eigenvalue weighted by atomic mass is 10.1. The first-order valence-corrected chi connectivity index (χ1v) is 5.58. The Morgan fingerprint density at radius 2 is 2.13 bits per heavy atom. The highest BCUT2D eigenvalue weighted by Crippen LogP contribution is 2.24. The molecule has 0 fully saturated rings. The number of aliphatic hydroxyl groups is 1. The van der Waals surface area contributed by atoms with Gasteiger partial charge in [-0.2, -0.15) is 0 Å². The van der Waals surface area contributed by atoms with E-state index in [0.29, 0.717) is 21.5 Å². The average Bonchev–Trinajstić information content (AvgIpc) is 2.07. The smallest absolute Gasteiger partial charge is 0.138 e. The molecule has 5 heteroatoms. The van der Waals surface area contributed by atoms with E-state index in [1.165, 1.54) is 6.07 Å². The summed E-state index contributed by atoms with van der Waals surface area (Å²) in [5.74, 6) is -0.317. The molecule has 0 amide bonds. The summed E-state index contributed by atoms with van der Waals surface area (Å²) in [6.45, 7) is 3.65. The normalized spacial score (nSPS) is 11.5. The Labute approximate surface area is 102 Å². The van der Waals surface area contributed by atoms with Crippen LogP contribution < -0.4 is 11.1 Å². The summed E-state index contributed by atoms with van der Waals surface area (Å²) in [5, 5.41) is 12.4. The molecule has 0 aliphatic heterocycles. The van der Waals surface area contributed by atoms with Crippen LogP contribution in [0.5, 0.6) is 0 Å². The van der Waals surface area contributed by atoms with Crippen LogP contribution in [0.25, 0.3) is 0 Å². The first kappa shape index (κ1) is 12.5. The van der Waals surface area contributed by atoms with Crippen LogP contribution in [0.15, 0.2) is 12.1 Å². The van der Waals surface area contributed by atoms with E-state index < -0.39 is 5.60 Å². The maximum atomic E-state index is 13.2. The molecule has 0 radical (unpaired) electrons. The summed E-state index contributed by atoms with van der Waals surface area (Å²) < 4.78 is 13.7. The molecule has 0 unspecified atom stereocenters. The van der Waals surface area contributed by atoms with Crippen molar-refractivity contribution in [2.75, 3.05) is 17.6 Å². The second kappa shape index (κ2) is 4.52. The largest absolute Gasteiger partial charge is 0.397 e. The van der Waals surface area contributed by atoms with Crippen molar-refractivity contribution in [1.29, 1.82) is 0 Å². The lowest BCUT2D eigenvalue weighted by molar-refractivity contribution is 0.0945. The van der Waals surface area contributed by atoms with Crippen molar-refractivity contribution < 1.29 is 9.50 Å². The minimum Gasteiger partial charge on any atom is -0.397 e. The van der Waals surface area contributed by atoms with Gasteiger partial charge >= 0.3 is 0 Å². The number of nitrogens with two attached hydrogens (primary N) is 1. The van der Waals surface area contributed by atoms with Gasteiger partial charge < -0.3 is 16.2 Å². The number of benzene rings is 1. The first-order valence-electron chi connectivity index (χ1n) is 4.50. The Kier molecular flexibility index (Phi) is 3.77. The van der Waals surface area contributed by atoms with Gasteiger partial charge in [-0.15, -0.1) is 0 Å². The lowest BCUT2D eigenvalue weighted by Gasteiger charge is -2.19. The van der Waals surface area contributed by atoms with E-state index >= 15 is 0 Å². The van der Waals surface area contributed by atoms with Crippen molar-refractivity contribution in [2.24, 2.45) is 0 Å². The van der Waals surface area contributed by atoms with Gasteiger partial charge in [0.15, 0.2) is 0 Å². The highest BCUT2D eigenvalue weighted by molar-refractivity contribution is 14.1. The van der Waals surface area contributed by atoms with Gasteiger partial charge in [0, 0.05) is 12.6 Å². The zero-order valence-electron chi connectivity index (χ0n) is 8.64. The van der Waals surface area contributed by atoms with Crippen LogP contribution in [0.4, 0.5) is 15.8 Å². The summed E-state index contributed by atoms with van der Waals surface area (Å²) in [7, 11) is 0. The van der Waals surface area contributed by atoms with Crippen LogP contribution >= 0.6 is 22.6 Å². The maximum absolute atomic E-state index is 13.2. The van der Waals surface area contributed by atoms with Gasteiger partial charge in [0.05, 0.1) is 20.5 Å². The number of hydrogen-bond donors (Lipinski definition) is 3. The molecule has 0 aliphatic carbocycles. The van der Waals surface area contributed by atoms with Gasteiger partial charge in [0.2, 0.25) is 0 Å². The lowest BCUT2D eigenvalue weighted by Crippen LogP contribution is -2.29. The summed E-state index contributed by atoms with van der Waals surface area (Å²) in [6, 6.07) is 2.89. The van der Waals surface area contributed by atoms with Crippen molar-refractivity contribution in [3.8, 4) is 0 Å². The molecule has 0 saturated heterocycles. The van der Waals surface area contributed by atoms with Crippen LogP contribution in [-0.2, 0) is 0 Å². The van der Waals surface area contributed by atoms with Crippen molar-refractivity contribution >= 4 is 34.0 Å². The predicted octanol–water partition coefficient (Wildman–Crippen LogP) is 2.20. The van der Waals surface area contributed by atoms with E-state index in [2.05, 4.69) is 5.32 Å². The number of nitrogen functional groups attached to an aromatic ring is 1. The monoisotopic (exact) mass is 324 g/mol. The highest BCUT2D eigenvalue weighted by Gasteiger charge is 2.13. The zero-order chi connectivity index (χ0) is 11.6. The Hall–Kier alpha value is -0.560. The number of hydrogen-bond acceptors (Lipinski definition) is 3. The van der Waals surface area contributed by atoms with E-state index in [0.717, 1.165) is 0 Å². The van der Waals surface area contributed by atoms with Crippen LogP contribution in [0.3, 0.4) is 0 Å². The van der Waals surface area contributed by atoms with E-state index in [4.69, 9.17) is 5.73 Å². The molecular weight excluding hydrogens is 310 g/mol. The molecule has 0 heterocycles. The molecule has 0 spiro atoms. The molecule has 1 rings (SSSR count). The van der Waals surface area contributed by atoms with E-state index in [1.807, 2.05) is 22.6 Å². The molecule has 15 heavy (non-hydrogen) atoms. The molecule has 84 valence electrons. The van der Waals surface area contributed by atoms with Gasteiger partial charge in [-0.1, -0.05) is 0 Å². The summed E-state index contributed by atoms with van der Waals surface area (Å²) in [4.78, 5) is 0. The third-order valence-electron chi connectivity index (χ3n) is 1.80. The quantitative estimate of drug-likeness (QED) is 0.590. The first-order chi connectivity index (χ1) is 6.79. The fourth-order valence-corrected chi connectivity index (χ4v) is 1.52. The summed E-state index contributed by atoms with van der Waals surface area (Å²) >= 11 is 1.88. The standard InChI is InChI=1S/C10H14FIN2O/c1-10(2,15)5-14-9-3-6(11)7(12)4-8(9)13/h3-4,14-15H,5,13H2,1-2H3. The van der Waals surface area contributed by atoms with Crippen molar-refractivity contribution in [1.82, 2.24) is 0 Å². The Bertz CT molecular complexity index is 363. The summed E-state index contributed by atoms with van der Waals surface area (Å²) in [6.07, 6.45) is 0. The van der Waals surface area contributed by atoms with Crippen molar-refractivity contribution in [3.63, 3.8) is 0 Å². The highest BCUT2D eigenvalue weighted by atomic mass is 127. The number of rotatable bonds is 3. The maximum Gasteiger partial charge on any atom is 0.138 e. The van der Waals surface area contributed by atoms with Crippen molar-refractivity contribution in [2.45, 2.75) is 19.4 Å². The number of halogens is 2. The minimum atomic E-state index is -0.855. The van der Waals surface area contributed by atoms with Crippen LogP contribution in [-0.4, -0.2) is 17.3 Å². The van der Waals surface area contributed by atoms with Gasteiger partial charge in [0.1, 0.15) is 5.82 Å². The van der Waals surface area contributed by atoms with Crippen molar-refractivity contribution in [3.05, 3.63) is 21.5 Å². The average molecular weight is 324 g/mol. The third-order valence-corrected chi connectivity index (χ3v) is 2.63. The molecule has 0 aromatic heterocycles. The van der Waals surface area contributed by atoms with Gasteiger partial charge in [-0.3, -0.25) is 0 Å². The SMILES string of the molecule is CC(C)(O)CNc1cc(F)c(I)cc1N. The van der Waals surface area contributed by atoms with Gasteiger partial charge in [-0.25, -0.2) is 4.39 Å². The summed E-state index contributed by atoms with van der Waals surface area (Å²) in [5.41, 5.74) is 5.83. The van der Waals surface area contributed by atoms with Crippen LogP contribution in [0, 0.1) is 9.39 Å². The zero-order valence-corrected chi connectivity index (χ0v) is 10.8. The minimum absolute atomic E-state index is 0.317. The fraction of sp³-hybridized carbons (Fsp3) is 0.400. The Balaban J connectivity index is 2.82. The van der Waals surface area contributed by atoms with Crippen LogP contribution in [0.2, 0.25) is 0 Å². The molecule has 3 nitrogen and oxygen atoms in total. The fourth-order valence-electron chi connectivity index (χ4n) is 1.03.